The molecule has 32 heavy (non-hydrogen) atoms. The highest BCUT2D eigenvalue weighted by atomic mass is 16.7. The van der Waals surface area contributed by atoms with E-state index in [9.17, 15) is 4.79 Å². The summed E-state index contributed by atoms with van der Waals surface area (Å²) in [5.41, 5.74) is 5.05. The van der Waals surface area contributed by atoms with Crippen LogP contribution >= 0.6 is 0 Å². The van der Waals surface area contributed by atoms with Gasteiger partial charge in [-0.2, -0.15) is 0 Å². The van der Waals surface area contributed by atoms with Crippen LogP contribution in [0.1, 0.15) is 42.5 Å². The van der Waals surface area contributed by atoms with Gasteiger partial charge in [-0.05, 0) is 69.4 Å². The second-order valence-electron chi connectivity index (χ2n) is 9.28. The van der Waals surface area contributed by atoms with E-state index in [0.29, 0.717) is 18.6 Å². The summed E-state index contributed by atoms with van der Waals surface area (Å²) >= 11 is 0. The van der Waals surface area contributed by atoms with E-state index in [1.807, 2.05) is 18.2 Å². The minimum absolute atomic E-state index is 0.0946. The lowest BCUT2D eigenvalue weighted by molar-refractivity contribution is -0.126. The van der Waals surface area contributed by atoms with Gasteiger partial charge in [0.1, 0.15) is 0 Å². The van der Waals surface area contributed by atoms with E-state index in [2.05, 4.69) is 61.4 Å². The molecule has 6 nitrogen and oxygen atoms in total. The Morgan fingerprint density at radius 2 is 1.94 bits per heavy atom. The summed E-state index contributed by atoms with van der Waals surface area (Å²) in [5, 5.41) is 6.85. The number of aryl methyl sites for hydroxylation is 2. The highest BCUT2D eigenvalue weighted by Gasteiger charge is 2.37. The van der Waals surface area contributed by atoms with Gasteiger partial charge in [-0.25, -0.2) is 0 Å². The van der Waals surface area contributed by atoms with Crippen LogP contribution in [0.2, 0.25) is 0 Å². The number of amides is 1. The van der Waals surface area contributed by atoms with Gasteiger partial charge in [-0.1, -0.05) is 29.8 Å². The summed E-state index contributed by atoms with van der Waals surface area (Å²) in [6, 6.07) is 13.1. The number of nitrogens with one attached hydrogen (secondary N) is 2. The number of rotatable bonds is 8. The smallest absolute Gasteiger partial charge is 0.237 e. The number of fused-ring (bicyclic) bond motifs is 1. The number of carbonyl (C=O) groups excluding carboxylic acids is 1. The lowest BCUT2D eigenvalue weighted by Crippen LogP contribution is -2.46. The van der Waals surface area contributed by atoms with E-state index >= 15 is 0 Å². The molecular weight excluding hydrogens is 402 g/mol. The normalized spacial score (nSPS) is 20.2. The van der Waals surface area contributed by atoms with Crippen molar-refractivity contribution < 1.29 is 14.3 Å². The third-order valence-electron chi connectivity index (χ3n) is 6.54. The van der Waals surface area contributed by atoms with Gasteiger partial charge in [-0.3, -0.25) is 9.69 Å². The zero-order chi connectivity index (χ0) is 22.7. The van der Waals surface area contributed by atoms with E-state index in [-0.39, 0.29) is 18.7 Å². The molecule has 0 radical (unpaired) electrons. The number of hydrogen-bond acceptors (Lipinski definition) is 5. The summed E-state index contributed by atoms with van der Waals surface area (Å²) in [5.74, 6) is 1.69. The minimum atomic E-state index is -0.0946. The molecule has 1 amide bonds. The summed E-state index contributed by atoms with van der Waals surface area (Å²) in [7, 11) is 0. The molecule has 0 aliphatic carbocycles. The first kappa shape index (κ1) is 22.6. The third-order valence-corrected chi connectivity index (χ3v) is 6.54. The number of nitrogens with zero attached hydrogens (tertiary/aromatic N) is 1. The van der Waals surface area contributed by atoms with Crippen LogP contribution in [0.4, 0.5) is 0 Å². The van der Waals surface area contributed by atoms with Crippen LogP contribution in [0.25, 0.3) is 0 Å². The SMILES string of the molecule is Cc1ccc(C)c(CN[C@@H]2C[C@@H](C(=O)NCCc3ccc4c(c3)OCO4)N(C(C)C)C2)c1. The van der Waals surface area contributed by atoms with Crippen LogP contribution in [-0.4, -0.2) is 48.8 Å². The quantitative estimate of drug-likeness (QED) is 0.663. The lowest BCUT2D eigenvalue weighted by atomic mass is 10.0. The molecule has 2 atom stereocenters. The Labute approximate surface area is 191 Å². The van der Waals surface area contributed by atoms with Crippen molar-refractivity contribution >= 4 is 5.91 Å². The second kappa shape index (κ2) is 9.92. The first-order valence-corrected chi connectivity index (χ1v) is 11.6. The summed E-state index contributed by atoms with van der Waals surface area (Å²) in [6.45, 7) is 11.2. The molecule has 0 spiro atoms. The van der Waals surface area contributed by atoms with E-state index in [4.69, 9.17) is 9.47 Å². The van der Waals surface area contributed by atoms with Crippen molar-refractivity contribution in [2.24, 2.45) is 0 Å². The largest absolute Gasteiger partial charge is 0.454 e. The van der Waals surface area contributed by atoms with Crippen LogP contribution in [0.5, 0.6) is 11.5 Å². The lowest BCUT2D eigenvalue weighted by Gasteiger charge is -2.27. The van der Waals surface area contributed by atoms with Gasteiger partial charge < -0.3 is 20.1 Å². The van der Waals surface area contributed by atoms with Crippen LogP contribution in [0.15, 0.2) is 36.4 Å². The molecule has 2 aliphatic heterocycles. The Morgan fingerprint density at radius 3 is 2.75 bits per heavy atom. The number of carbonyl (C=O) groups is 1. The predicted molar refractivity (Wildman–Crippen MR) is 126 cm³/mol. The molecule has 0 unspecified atom stereocenters. The Morgan fingerprint density at radius 1 is 1.12 bits per heavy atom. The molecule has 1 saturated heterocycles. The van der Waals surface area contributed by atoms with Crippen molar-refractivity contribution in [2.75, 3.05) is 19.9 Å². The van der Waals surface area contributed by atoms with Crippen LogP contribution in [0, 0.1) is 13.8 Å². The number of benzene rings is 2. The molecule has 0 aromatic heterocycles. The number of hydrogen-bond donors (Lipinski definition) is 2. The number of likely N-dealkylation sites (tertiary alicyclic amines) is 1. The fourth-order valence-electron chi connectivity index (χ4n) is 4.63. The average Bonchev–Trinajstić information content (AvgIpc) is 3.41. The Bertz CT molecular complexity index is 959. The summed E-state index contributed by atoms with van der Waals surface area (Å²) in [6.07, 6.45) is 1.60. The standard InChI is InChI=1S/C26H35N3O3/c1-17(2)29-15-22(28-14-21-11-18(3)5-6-19(21)4)13-23(29)26(30)27-10-9-20-7-8-24-25(12-20)32-16-31-24/h5-8,11-12,17,22-23,28H,9-10,13-16H2,1-4H3,(H,27,30)/t22-,23+/m1/s1. The highest BCUT2D eigenvalue weighted by Crippen LogP contribution is 2.32. The van der Waals surface area contributed by atoms with E-state index in [0.717, 1.165) is 43.0 Å². The highest BCUT2D eigenvalue weighted by molar-refractivity contribution is 5.82. The minimum Gasteiger partial charge on any atom is -0.454 e. The molecule has 0 bridgehead atoms. The predicted octanol–water partition coefficient (Wildman–Crippen LogP) is 3.33. The van der Waals surface area contributed by atoms with Crippen LogP contribution in [0.3, 0.4) is 0 Å². The fourth-order valence-corrected chi connectivity index (χ4v) is 4.63. The molecule has 1 fully saturated rings. The molecule has 4 rings (SSSR count). The number of ether oxygens (including phenoxy) is 2. The van der Waals surface area contributed by atoms with Crippen molar-refractivity contribution in [3.63, 3.8) is 0 Å². The van der Waals surface area contributed by atoms with Gasteiger partial charge >= 0.3 is 0 Å². The van der Waals surface area contributed by atoms with Crippen molar-refractivity contribution in [1.82, 2.24) is 15.5 Å². The molecule has 6 heteroatoms. The van der Waals surface area contributed by atoms with Gasteiger partial charge in [-0.15, -0.1) is 0 Å². The average molecular weight is 438 g/mol. The Kier molecular flexibility index (Phi) is 7.01. The van der Waals surface area contributed by atoms with Crippen LogP contribution < -0.4 is 20.1 Å². The van der Waals surface area contributed by atoms with E-state index in [1.165, 1.54) is 16.7 Å². The first-order valence-electron chi connectivity index (χ1n) is 11.6. The fraction of sp³-hybridized carbons (Fsp3) is 0.500. The Balaban J connectivity index is 1.30. The monoisotopic (exact) mass is 437 g/mol. The summed E-state index contributed by atoms with van der Waals surface area (Å²) in [4.78, 5) is 15.3. The molecular formula is C26H35N3O3. The van der Waals surface area contributed by atoms with Gasteiger partial charge in [0.15, 0.2) is 11.5 Å². The van der Waals surface area contributed by atoms with Crippen LogP contribution in [-0.2, 0) is 17.8 Å². The molecule has 2 aromatic carbocycles. The van der Waals surface area contributed by atoms with E-state index < -0.39 is 0 Å². The van der Waals surface area contributed by atoms with Crippen molar-refractivity contribution in [2.45, 2.75) is 65.2 Å². The maximum atomic E-state index is 13.0. The molecule has 2 heterocycles. The van der Waals surface area contributed by atoms with Crippen molar-refractivity contribution in [1.29, 1.82) is 0 Å². The topological polar surface area (TPSA) is 62.8 Å². The maximum absolute atomic E-state index is 13.0. The van der Waals surface area contributed by atoms with Gasteiger partial charge in [0, 0.05) is 31.7 Å². The first-order chi connectivity index (χ1) is 15.4. The second-order valence-corrected chi connectivity index (χ2v) is 9.28. The van der Waals surface area contributed by atoms with Gasteiger partial charge in [0.05, 0.1) is 6.04 Å². The van der Waals surface area contributed by atoms with Gasteiger partial charge in [0.25, 0.3) is 0 Å². The molecule has 0 saturated carbocycles. The molecule has 2 aliphatic rings. The summed E-state index contributed by atoms with van der Waals surface area (Å²) < 4.78 is 10.8. The molecule has 2 N–H and O–H groups in total. The maximum Gasteiger partial charge on any atom is 0.237 e. The Hall–Kier alpha value is -2.57. The van der Waals surface area contributed by atoms with E-state index in [1.54, 1.807) is 0 Å². The van der Waals surface area contributed by atoms with Gasteiger partial charge in [0.2, 0.25) is 12.7 Å². The van der Waals surface area contributed by atoms with Crippen molar-refractivity contribution in [3.8, 4) is 11.5 Å². The molecule has 2 aromatic rings. The third kappa shape index (κ3) is 5.25. The zero-order valence-corrected chi connectivity index (χ0v) is 19.6. The zero-order valence-electron chi connectivity index (χ0n) is 19.6. The van der Waals surface area contributed by atoms with Crippen molar-refractivity contribution in [3.05, 3.63) is 58.7 Å². The molecule has 172 valence electrons.